The Kier molecular flexibility index (Phi) is 6.17. The molecule has 2 aromatic heterocycles. The molecule has 1 spiro atoms. The summed E-state index contributed by atoms with van der Waals surface area (Å²) >= 11 is 3.45. The van der Waals surface area contributed by atoms with Gasteiger partial charge in [-0.3, -0.25) is 14.5 Å². The first-order chi connectivity index (χ1) is 20.5. The van der Waals surface area contributed by atoms with E-state index in [1.807, 2.05) is 41.6 Å². The molecule has 0 saturated heterocycles. The van der Waals surface area contributed by atoms with Crippen LogP contribution < -0.4 is 9.80 Å². The number of hydrogen-bond acceptors (Lipinski definition) is 5. The van der Waals surface area contributed by atoms with E-state index in [2.05, 4.69) is 27.0 Å². The number of pyridine rings is 1. The third-order valence-corrected chi connectivity index (χ3v) is 8.66. The number of ketones is 1. The van der Waals surface area contributed by atoms with Crippen molar-refractivity contribution in [3.63, 3.8) is 0 Å². The Bertz CT molecular complexity index is 1870. The SMILES string of the molecule is N#CC1=C(n2cccc2)N(c2ccc(Br)cn2)C2=C(C(=O)CCC2)[C@@]12C(=O)N(Cc1ccccc1F)c1ccccc12. The molecule has 0 radical (unpaired) electrons. The van der Waals surface area contributed by atoms with Crippen LogP contribution >= 0.6 is 15.9 Å². The lowest BCUT2D eigenvalue weighted by Gasteiger charge is -2.44. The van der Waals surface area contributed by atoms with E-state index in [1.54, 1.807) is 53.2 Å². The molecule has 7 nitrogen and oxygen atoms in total. The molecule has 0 fully saturated rings. The first-order valence-corrected chi connectivity index (χ1v) is 14.4. The van der Waals surface area contributed by atoms with Gasteiger partial charge in [0.1, 0.15) is 28.9 Å². The number of para-hydroxylation sites is 1. The van der Waals surface area contributed by atoms with Gasteiger partial charge in [-0.1, -0.05) is 36.4 Å². The quantitative estimate of drug-likeness (QED) is 0.261. The van der Waals surface area contributed by atoms with Gasteiger partial charge in [-0.2, -0.15) is 5.26 Å². The minimum atomic E-state index is -1.70. The highest BCUT2D eigenvalue weighted by molar-refractivity contribution is 9.10. The molecular formula is C33H23BrFN5O2. The Balaban J connectivity index is 1.57. The summed E-state index contributed by atoms with van der Waals surface area (Å²) < 4.78 is 17.5. The number of halogens is 2. The predicted octanol–water partition coefficient (Wildman–Crippen LogP) is 6.49. The number of allylic oxidation sites excluding steroid dienone is 1. The van der Waals surface area contributed by atoms with E-state index < -0.39 is 17.1 Å². The fourth-order valence-corrected chi connectivity index (χ4v) is 6.73. The molecule has 1 amide bonds. The number of fused-ring (bicyclic) bond motifs is 3. The number of benzene rings is 2. The molecule has 0 bridgehead atoms. The van der Waals surface area contributed by atoms with Gasteiger partial charge in [-0.25, -0.2) is 9.37 Å². The van der Waals surface area contributed by atoms with Crippen molar-refractivity contribution in [3.8, 4) is 6.07 Å². The van der Waals surface area contributed by atoms with Crippen molar-refractivity contribution in [2.75, 3.05) is 9.80 Å². The third-order valence-electron chi connectivity index (χ3n) is 8.19. The topological polar surface area (TPSA) is 82.2 Å². The Hall–Kier alpha value is -4.81. The van der Waals surface area contributed by atoms with Crippen LogP contribution in [0, 0.1) is 17.1 Å². The molecular weight excluding hydrogens is 597 g/mol. The normalized spacial score (nSPS) is 19.8. The minimum absolute atomic E-state index is 0.0450. The van der Waals surface area contributed by atoms with Crippen LogP contribution in [0.25, 0.3) is 5.82 Å². The average molecular weight is 620 g/mol. The van der Waals surface area contributed by atoms with E-state index in [4.69, 9.17) is 0 Å². The van der Waals surface area contributed by atoms with E-state index in [1.165, 1.54) is 11.0 Å². The maximum absolute atomic E-state index is 15.0. The van der Waals surface area contributed by atoms with Crippen molar-refractivity contribution < 1.29 is 14.0 Å². The maximum atomic E-state index is 15.0. The molecule has 1 atom stereocenters. The van der Waals surface area contributed by atoms with Crippen molar-refractivity contribution in [3.05, 3.63) is 130 Å². The number of hydrogen-bond donors (Lipinski definition) is 0. The zero-order chi connectivity index (χ0) is 29.0. The average Bonchev–Trinajstić information content (AvgIpc) is 3.62. The Morgan fingerprint density at radius 3 is 2.48 bits per heavy atom. The number of Topliss-reactive ketones (excluding diaryl/α,β-unsaturated/α-hetero) is 1. The summed E-state index contributed by atoms with van der Waals surface area (Å²) in [4.78, 5) is 37.1. The van der Waals surface area contributed by atoms with Gasteiger partial charge < -0.3 is 9.47 Å². The van der Waals surface area contributed by atoms with Crippen LogP contribution in [0.5, 0.6) is 0 Å². The first kappa shape index (κ1) is 26.1. The van der Waals surface area contributed by atoms with Crippen LogP contribution in [-0.2, 0) is 21.5 Å². The van der Waals surface area contributed by atoms with E-state index in [0.717, 1.165) is 4.47 Å². The molecule has 4 aromatic rings. The molecule has 9 heteroatoms. The number of aromatic nitrogens is 2. The summed E-state index contributed by atoms with van der Waals surface area (Å²) in [6.45, 7) is -0.0450. The smallest absolute Gasteiger partial charge is 0.248 e. The van der Waals surface area contributed by atoms with Crippen LogP contribution in [0.3, 0.4) is 0 Å². The van der Waals surface area contributed by atoms with Crippen LogP contribution in [0.2, 0.25) is 0 Å². The van der Waals surface area contributed by atoms with Crippen molar-refractivity contribution in [2.24, 2.45) is 0 Å². The van der Waals surface area contributed by atoms with Crippen LogP contribution in [0.4, 0.5) is 15.9 Å². The van der Waals surface area contributed by atoms with Gasteiger partial charge in [0.15, 0.2) is 5.78 Å². The summed E-state index contributed by atoms with van der Waals surface area (Å²) in [5.41, 5.74) is 0.774. The second-order valence-electron chi connectivity index (χ2n) is 10.4. The largest absolute Gasteiger partial charge is 0.309 e. The lowest BCUT2D eigenvalue weighted by atomic mass is 9.63. The fraction of sp³-hybridized carbons (Fsp3) is 0.152. The highest BCUT2D eigenvalue weighted by Crippen LogP contribution is 2.58. The van der Waals surface area contributed by atoms with Gasteiger partial charge in [-0.15, -0.1) is 0 Å². The number of rotatable bonds is 4. The molecule has 2 aliphatic heterocycles. The molecule has 206 valence electrons. The Morgan fingerprint density at radius 1 is 0.976 bits per heavy atom. The summed E-state index contributed by atoms with van der Waals surface area (Å²) in [6.07, 6.45) is 6.64. The molecule has 0 unspecified atom stereocenters. The lowest BCUT2D eigenvalue weighted by Crippen LogP contribution is -2.51. The standard InChI is InChI=1S/C33H23BrFN5O2/c34-22-14-15-29(37-19-22)40-27-12-7-13-28(41)30(27)33(24(18-36)31(40)38-16-5-6-17-38)23-9-2-4-11-26(23)39(32(33)42)20-21-8-1-3-10-25(21)35/h1-6,8-11,14-17,19H,7,12-13,20H2/t33-/m0/s1. The Morgan fingerprint density at radius 2 is 1.74 bits per heavy atom. The summed E-state index contributed by atoms with van der Waals surface area (Å²) in [5.74, 6) is -0.110. The third kappa shape index (κ3) is 3.65. The minimum Gasteiger partial charge on any atom is -0.309 e. The summed E-state index contributed by atoms with van der Waals surface area (Å²) in [5, 5.41) is 11.0. The Labute approximate surface area is 249 Å². The van der Waals surface area contributed by atoms with Gasteiger partial charge in [-0.05, 0) is 65.2 Å². The number of carbonyl (C=O) groups excluding carboxylic acids is 2. The molecule has 1 aliphatic carbocycles. The lowest BCUT2D eigenvalue weighted by molar-refractivity contribution is -0.124. The number of nitriles is 1. The number of carbonyl (C=O) groups is 2. The molecule has 2 aromatic carbocycles. The number of amides is 1. The number of anilines is 2. The van der Waals surface area contributed by atoms with Gasteiger partial charge in [0.2, 0.25) is 5.91 Å². The molecule has 4 heterocycles. The highest BCUT2D eigenvalue weighted by atomic mass is 79.9. The van der Waals surface area contributed by atoms with Crippen LogP contribution in [0.15, 0.2) is 113 Å². The maximum Gasteiger partial charge on any atom is 0.248 e. The molecule has 3 aliphatic rings. The van der Waals surface area contributed by atoms with Crippen LogP contribution in [-0.4, -0.2) is 21.2 Å². The summed E-state index contributed by atoms with van der Waals surface area (Å²) in [6, 6.07) is 23.3. The van der Waals surface area contributed by atoms with E-state index >= 15 is 4.79 Å². The van der Waals surface area contributed by atoms with Crippen molar-refractivity contribution in [1.29, 1.82) is 5.26 Å². The van der Waals surface area contributed by atoms with E-state index in [-0.39, 0.29) is 24.3 Å². The summed E-state index contributed by atoms with van der Waals surface area (Å²) in [7, 11) is 0. The van der Waals surface area contributed by atoms with Crippen molar-refractivity contribution >= 4 is 44.9 Å². The van der Waals surface area contributed by atoms with Gasteiger partial charge >= 0.3 is 0 Å². The van der Waals surface area contributed by atoms with Gasteiger partial charge in [0, 0.05) is 57.6 Å². The monoisotopic (exact) mass is 619 g/mol. The van der Waals surface area contributed by atoms with E-state index in [9.17, 15) is 14.4 Å². The second-order valence-corrected chi connectivity index (χ2v) is 11.3. The van der Waals surface area contributed by atoms with Gasteiger partial charge in [0.25, 0.3) is 0 Å². The molecule has 7 rings (SSSR count). The highest BCUT2D eigenvalue weighted by Gasteiger charge is 2.62. The fourth-order valence-electron chi connectivity index (χ4n) is 6.50. The molecule has 0 N–H and O–H groups in total. The zero-order valence-corrected chi connectivity index (χ0v) is 23.9. The molecule has 0 saturated carbocycles. The van der Waals surface area contributed by atoms with Crippen molar-refractivity contribution in [1.82, 2.24) is 9.55 Å². The number of nitrogens with zero attached hydrogens (tertiary/aromatic N) is 5. The second kappa shape index (κ2) is 9.93. The van der Waals surface area contributed by atoms with Crippen LogP contribution in [0.1, 0.15) is 30.4 Å². The van der Waals surface area contributed by atoms with Gasteiger partial charge in [0.05, 0.1) is 12.1 Å². The van der Waals surface area contributed by atoms with Crippen molar-refractivity contribution in [2.45, 2.75) is 31.2 Å². The molecule has 42 heavy (non-hydrogen) atoms. The predicted molar refractivity (Wildman–Crippen MR) is 159 cm³/mol. The first-order valence-electron chi connectivity index (χ1n) is 13.6. The van der Waals surface area contributed by atoms with E-state index in [0.29, 0.717) is 52.6 Å². The zero-order valence-electron chi connectivity index (χ0n) is 22.3.